The van der Waals surface area contributed by atoms with E-state index >= 15 is 0 Å². The van der Waals surface area contributed by atoms with E-state index in [-0.39, 0.29) is 18.6 Å². The van der Waals surface area contributed by atoms with Gasteiger partial charge in [0.2, 0.25) is 0 Å². The molecule has 0 aliphatic rings. The van der Waals surface area contributed by atoms with E-state index in [0.717, 1.165) is 12.0 Å². The molecule has 4 nitrogen and oxygen atoms in total. The molecule has 0 heterocycles. The molecule has 0 aliphatic carbocycles. The van der Waals surface area contributed by atoms with Gasteiger partial charge in [0, 0.05) is 18.2 Å². The minimum absolute atomic E-state index is 0.0198. The van der Waals surface area contributed by atoms with E-state index in [0.29, 0.717) is 12.2 Å². The maximum absolute atomic E-state index is 12.0. The van der Waals surface area contributed by atoms with E-state index in [2.05, 4.69) is 17.2 Å². The molecule has 102 valence electrons. The van der Waals surface area contributed by atoms with E-state index in [9.17, 15) is 4.79 Å². The van der Waals surface area contributed by atoms with Gasteiger partial charge in [-0.1, -0.05) is 18.8 Å². The molecule has 0 aliphatic heterocycles. The van der Waals surface area contributed by atoms with Gasteiger partial charge in [0.15, 0.2) is 0 Å². The zero-order chi connectivity index (χ0) is 14.1. The number of nitrogens with one attached hydrogen (secondary N) is 1. The molecule has 1 unspecified atom stereocenters. The van der Waals surface area contributed by atoms with Crippen LogP contribution in [0.25, 0.3) is 0 Å². The van der Waals surface area contributed by atoms with Crippen molar-refractivity contribution < 1.29 is 14.6 Å². The number of aliphatic hydroxyl groups is 1. The predicted molar refractivity (Wildman–Crippen MR) is 73.8 cm³/mol. The van der Waals surface area contributed by atoms with Crippen molar-refractivity contribution in [2.24, 2.45) is 0 Å². The van der Waals surface area contributed by atoms with Crippen LogP contribution in [0.5, 0.6) is 0 Å². The number of ether oxygens (including phenoxy) is 1. The molecule has 0 aromatic heterocycles. The highest BCUT2D eigenvalue weighted by Gasteiger charge is 2.11. The fourth-order valence-electron chi connectivity index (χ4n) is 1.58. The third kappa shape index (κ3) is 5.12. The number of carbonyl (C=O) groups excluding carboxylic acids is 1. The van der Waals surface area contributed by atoms with Gasteiger partial charge in [0.1, 0.15) is 6.61 Å². The smallest absolute Gasteiger partial charge is 0.251 e. The van der Waals surface area contributed by atoms with Crippen LogP contribution in [0.3, 0.4) is 0 Å². The standard InChI is InChI=1S/C15H19NO3/c1-3-14(11-19-2)16-15(18)13-8-6-12(7-9-13)5-4-10-17/h6-9,14,17H,3,10-11H2,1-2H3,(H,16,18). The van der Waals surface area contributed by atoms with Crippen molar-refractivity contribution in [3.8, 4) is 11.8 Å². The maximum atomic E-state index is 12.0. The van der Waals surface area contributed by atoms with Gasteiger partial charge in [0.25, 0.3) is 5.91 Å². The third-order valence-corrected chi connectivity index (χ3v) is 2.65. The van der Waals surface area contributed by atoms with Crippen molar-refractivity contribution >= 4 is 5.91 Å². The highest BCUT2D eigenvalue weighted by molar-refractivity contribution is 5.94. The molecule has 19 heavy (non-hydrogen) atoms. The van der Waals surface area contributed by atoms with Gasteiger partial charge in [-0.15, -0.1) is 0 Å². The van der Waals surface area contributed by atoms with Crippen LogP contribution in [0.1, 0.15) is 29.3 Å². The highest BCUT2D eigenvalue weighted by Crippen LogP contribution is 2.04. The lowest BCUT2D eigenvalue weighted by Crippen LogP contribution is -2.37. The highest BCUT2D eigenvalue weighted by atomic mass is 16.5. The van der Waals surface area contributed by atoms with E-state index in [1.807, 2.05) is 6.92 Å². The first-order valence-electron chi connectivity index (χ1n) is 6.20. The number of hydrogen-bond donors (Lipinski definition) is 2. The number of hydrogen-bond acceptors (Lipinski definition) is 3. The summed E-state index contributed by atoms with van der Waals surface area (Å²) in [6.07, 6.45) is 0.819. The van der Waals surface area contributed by atoms with Gasteiger partial charge in [-0.3, -0.25) is 4.79 Å². The van der Waals surface area contributed by atoms with Gasteiger partial charge < -0.3 is 15.2 Å². The fourth-order valence-corrected chi connectivity index (χ4v) is 1.58. The Bertz CT molecular complexity index is 457. The second-order valence-corrected chi connectivity index (χ2v) is 4.07. The molecule has 0 saturated carbocycles. The summed E-state index contributed by atoms with van der Waals surface area (Å²) in [6, 6.07) is 6.97. The molecule has 0 bridgehead atoms. The van der Waals surface area contributed by atoms with Gasteiger partial charge in [-0.25, -0.2) is 0 Å². The number of methoxy groups -OCH3 is 1. The first-order chi connectivity index (χ1) is 9.21. The Balaban J connectivity index is 2.67. The Morgan fingerprint density at radius 1 is 1.42 bits per heavy atom. The van der Waals surface area contributed by atoms with Gasteiger partial charge >= 0.3 is 0 Å². The maximum Gasteiger partial charge on any atom is 0.251 e. The SMILES string of the molecule is CCC(COC)NC(=O)c1ccc(C#CCO)cc1. The average molecular weight is 261 g/mol. The summed E-state index contributed by atoms with van der Waals surface area (Å²) in [5.74, 6) is 5.22. The Hall–Kier alpha value is -1.83. The second-order valence-electron chi connectivity index (χ2n) is 4.07. The zero-order valence-electron chi connectivity index (χ0n) is 11.3. The van der Waals surface area contributed by atoms with E-state index < -0.39 is 0 Å². The molecule has 4 heteroatoms. The molecule has 0 fully saturated rings. The minimum atomic E-state index is -0.169. The van der Waals surface area contributed by atoms with Crippen LogP contribution in [-0.4, -0.2) is 37.4 Å². The van der Waals surface area contributed by atoms with Crippen molar-refractivity contribution in [1.82, 2.24) is 5.32 Å². The zero-order valence-corrected chi connectivity index (χ0v) is 11.3. The van der Waals surface area contributed by atoms with Crippen LogP contribution in [0.15, 0.2) is 24.3 Å². The van der Waals surface area contributed by atoms with Crippen LogP contribution in [0.2, 0.25) is 0 Å². The lowest BCUT2D eigenvalue weighted by Gasteiger charge is -2.15. The molecule has 1 rings (SSSR count). The van der Waals surface area contributed by atoms with Crippen molar-refractivity contribution in [3.05, 3.63) is 35.4 Å². The third-order valence-electron chi connectivity index (χ3n) is 2.65. The Kier molecular flexibility index (Phi) is 6.65. The number of carbonyl (C=O) groups is 1. The molecule has 1 amide bonds. The molecular weight excluding hydrogens is 242 g/mol. The summed E-state index contributed by atoms with van der Waals surface area (Å²) in [7, 11) is 1.61. The van der Waals surface area contributed by atoms with Crippen molar-refractivity contribution in [1.29, 1.82) is 0 Å². The largest absolute Gasteiger partial charge is 0.384 e. The Morgan fingerprint density at radius 2 is 2.11 bits per heavy atom. The minimum Gasteiger partial charge on any atom is -0.384 e. The second kappa shape index (κ2) is 8.30. The summed E-state index contributed by atoms with van der Waals surface area (Å²) in [5, 5.41) is 11.5. The summed E-state index contributed by atoms with van der Waals surface area (Å²) >= 11 is 0. The van der Waals surface area contributed by atoms with Crippen LogP contribution < -0.4 is 5.32 Å². The van der Waals surface area contributed by atoms with Crippen molar-refractivity contribution in [2.75, 3.05) is 20.3 Å². The van der Waals surface area contributed by atoms with Crippen LogP contribution >= 0.6 is 0 Å². The van der Waals surface area contributed by atoms with E-state index in [1.54, 1.807) is 31.4 Å². The van der Waals surface area contributed by atoms with Crippen LogP contribution in [0, 0.1) is 11.8 Å². The van der Waals surface area contributed by atoms with Crippen molar-refractivity contribution in [2.45, 2.75) is 19.4 Å². The molecule has 0 spiro atoms. The predicted octanol–water partition coefficient (Wildman–Crippen LogP) is 1.19. The molecule has 0 radical (unpaired) electrons. The molecule has 0 saturated heterocycles. The molecular formula is C15H19NO3. The quantitative estimate of drug-likeness (QED) is 0.783. The number of amides is 1. The number of rotatable bonds is 5. The number of aliphatic hydroxyl groups excluding tert-OH is 1. The lowest BCUT2D eigenvalue weighted by molar-refractivity contribution is 0.0894. The van der Waals surface area contributed by atoms with E-state index in [1.165, 1.54) is 0 Å². The summed E-state index contributed by atoms with van der Waals surface area (Å²) in [4.78, 5) is 12.0. The molecule has 1 atom stereocenters. The topological polar surface area (TPSA) is 58.6 Å². The van der Waals surface area contributed by atoms with Crippen LogP contribution in [-0.2, 0) is 4.74 Å². The van der Waals surface area contributed by atoms with E-state index in [4.69, 9.17) is 9.84 Å². The van der Waals surface area contributed by atoms with Crippen molar-refractivity contribution in [3.63, 3.8) is 0 Å². The first kappa shape index (κ1) is 15.2. The summed E-state index contributed by atoms with van der Waals surface area (Å²) < 4.78 is 5.04. The Morgan fingerprint density at radius 3 is 2.63 bits per heavy atom. The summed E-state index contributed by atoms with van der Waals surface area (Å²) in [6.45, 7) is 2.33. The van der Waals surface area contributed by atoms with Crippen LogP contribution in [0.4, 0.5) is 0 Å². The fraction of sp³-hybridized carbons (Fsp3) is 0.400. The molecule has 2 N–H and O–H groups in total. The lowest BCUT2D eigenvalue weighted by atomic mass is 10.1. The van der Waals surface area contributed by atoms with Gasteiger partial charge in [-0.2, -0.15) is 0 Å². The molecule has 1 aromatic rings. The summed E-state index contributed by atoms with van der Waals surface area (Å²) in [5.41, 5.74) is 1.36. The number of benzene rings is 1. The average Bonchev–Trinajstić information content (AvgIpc) is 2.45. The Labute approximate surface area is 113 Å². The monoisotopic (exact) mass is 261 g/mol. The molecule has 1 aromatic carbocycles. The van der Waals surface area contributed by atoms with Gasteiger partial charge in [0.05, 0.1) is 12.6 Å². The van der Waals surface area contributed by atoms with Gasteiger partial charge in [-0.05, 0) is 30.7 Å². The normalized spacial score (nSPS) is 11.3. The first-order valence-corrected chi connectivity index (χ1v) is 6.20.